The average molecular weight is 289 g/mol. The molecule has 0 unspecified atom stereocenters. The number of nitrogen functional groups attached to an aromatic ring is 1. The van der Waals surface area contributed by atoms with Crippen LogP contribution in [0.4, 0.5) is 18.9 Å². The van der Waals surface area contributed by atoms with Gasteiger partial charge in [0.2, 0.25) is 0 Å². The number of halogens is 3. The quantitative estimate of drug-likeness (QED) is 0.574. The van der Waals surface area contributed by atoms with Crippen LogP contribution in [0.2, 0.25) is 0 Å². The Morgan fingerprint density at radius 2 is 1.90 bits per heavy atom. The van der Waals surface area contributed by atoms with Gasteiger partial charge in [-0.1, -0.05) is 6.07 Å². The largest absolute Gasteiger partial charge is 0.505 e. The molecule has 0 amide bonds. The van der Waals surface area contributed by atoms with Gasteiger partial charge in [0.25, 0.3) is 0 Å². The summed E-state index contributed by atoms with van der Waals surface area (Å²) in [6.45, 7) is 3.09. The first kappa shape index (κ1) is 14.9. The molecule has 4 nitrogen and oxygen atoms in total. The Labute approximate surface area is 115 Å². The number of piperazine rings is 1. The smallest absolute Gasteiger partial charge is 0.408 e. The number of hydrogen-bond donors (Lipinski definition) is 3. The molecular formula is C13H18F3N3O. The molecule has 0 radical (unpaired) electrons. The van der Waals surface area contributed by atoms with Gasteiger partial charge in [-0.2, -0.15) is 13.2 Å². The van der Waals surface area contributed by atoms with Crippen molar-refractivity contribution < 1.29 is 18.3 Å². The summed E-state index contributed by atoms with van der Waals surface area (Å²) in [4.78, 5) is 1.33. The zero-order valence-electron chi connectivity index (χ0n) is 11.2. The molecule has 7 heteroatoms. The molecule has 1 aromatic carbocycles. The van der Waals surface area contributed by atoms with E-state index >= 15 is 0 Å². The molecule has 0 aromatic heterocycles. The van der Waals surface area contributed by atoms with E-state index < -0.39 is 18.0 Å². The minimum absolute atomic E-state index is 0.0324. The molecule has 0 bridgehead atoms. The number of nitrogens with one attached hydrogen (secondary N) is 1. The third-order valence-electron chi connectivity index (χ3n) is 3.57. The molecule has 20 heavy (non-hydrogen) atoms. The molecule has 0 saturated carbocycles. The Morgan fingerprint density at radius 3 is 2.45 bits per heavy atom. The van der Waals surface area contributed by atoms with Crippen molar-refractivity contribution in [2.75, 3.05) is 31.9 Å². The van der Waals surface area contributed by atoms with E-state index in [1.807, 2.05) is 0 Å². The summed E-state index contributed by atoms with van der Waals surface area (Å²) in [5, 5.41) is 13.0. The predicted molar refractivity (Wildman–Crippen MR) is 70.5 cm³/mol. The molecule has 1 aromatic rings. The second kappa shape index (κ2) is 5.49. The average Bonchev–Trinajstić information content (AvgIpc) is 2.39. The SMILES string of the molecule is Cc1ccc(N)c(O)c1[C@@H](N1CCNCC1)C(F)(F)F. The summed E-state index contributed by atoms with van der Waals surface area (Å²) in [5.74, 6) is -0.467. The number of benzene rings is 1. The van der Waals surface area contributed by atoms with Gasteiger partial charge in [0.1, 0.15) is 11.8 Å². The van der Waals surface area contributed by atoms with Crippen LogP contribution in [-0.4, -0.2) is 42.4 Å². The van der Waals surface area contributed by atoms with Crippen molar-refractivity contribution in [2.24, 2.45) is 0 Å². The summed E-state index contributed by atoms with van der Waals surface area (Å²) >= 11 is 0. The highest BCUT2D eigenvalue weighted by Gasteiger charge is 2.47. The summed E-state index contributed by atoms with van der Waals surface area (Å²) in [7, 11) is 0. The molecule has 1 aliphatic rings. The standard InChI is InChI=1S/C13H18F3N3O/c1-8-2-3-9(17)11(20)10(8)12(13(14,15)16)19-6-4-18-5-7-19/h2-3,12,18,20H,4-7,17H2,1H3/t12-/m1/s1. The number of aromatic hydroxyl groups is 1. The number of nitrogens with two attached hydrogens (primary N) is 1. The highest BCUT2D eigenvalue weighted by molar-refractivity contribution is 5.59. The lowest BCUT2D eigenvalue weighted by atomic mass is 9.96. The number of phenols is 1. The number of anilines is 1. The number of hydrogen-bond acceptors (Lipinski definition) is 4. The Balaban J connectivity index is 2.49. The fourth-order valence-electron chi connectivity index (χ4n) is 2.56. The Bertz CT molecular complexity index is 484. The minimum Gasteiger partial charge on any atom is -0.505 e. The first-order valence-corrected chi connectivity index (χ1v) is 6.42. The van der Waals surface area contributed by atoms with Crippen molar-refractivity contribution in [1.82, 2.24) is 10.2 Å². The van der Waals surface area contributed by atoms with Gasteiger partial charge >= 0.3 is 6.18 Å². The number of aryl methyl sites for hydroxylation is 1. The summed E-state index contributed by atoms with van der Waals surface area (Å²) in [6, 6.07) is 1.10. The van der Waals surface area contributed by atoms with Crippen molar-refractivity contribution >= 4 is 5.69 Å². The van der Waals surface area contributed by atoms with E-state index in [9.17, 15) is 18.3 Å². The van der Waals surface area contributed by atoms with Crippen LogP contribution in [0.25, 0.3) is 0 Å². The van der Waals surface area contributed by atoms with Gasteiger partial charge in [-0.3, -0.25) is 4.90 Å². The Morgan fingerprint density at radius 1 is 1.30 bits per heavy atom. The Hall–Kier alpha value is -1.47. The van der Waals surface area contributed by atoms with Crippen LogP contribution in [0.5, 0.6) is 5.75 Å². The minimum atomic E-state index is -4.46. The van der Waals surface area contributed by atoms with Crippen LogP contribution >= 0.6 is 0 Å². The number of alkyl halides is 3. The topological polar surface area (TPSA) is 61.5 Å². The van der Waals surface area contributed by atoms with Crippen LogP contribution in [0, 0.1) is 6.92 Å². The highest BCUT2D eigenvalue weighted by atomic mass is 19.4. The second-order valence-corrected chi connectivity index (χ2v) is 4.96. The van der Waals surface area contributed by atoms with E-state index in [0.29, 0.717) is 18.7 Å². The van der Waals surface area contributed by atoms with Gasteiger partial charge < -0.3 is 16.2 Å². The molecule has 2 rings (SSSR count). The maximum absolute atomic E-state index is 13.5. The first-order valence-electron chi connectivity index (χ1n) is 6.42. The van der Waals surface area contributed by atoms with Crippen LogP contribution in [0.15, 0.2) is 12.1 Å². The molecule has 1 saturated heterocycles. The molecule has 1 fully saturated rings. The summed E-state index contributed by atoms with van der Waals surface area (Å²) < 4.78 is 40.4. The van der Waals surface area contributed by atoms with Gasteiger partial charge in [-0.25, -0.2) is 0 Å². The van der Waals surface area contributed by atoms with E-state index in [1.54, 1.807) is 6.92 Å². The number of phenolic OH excluding ortho intramolecular Hbond substituents is 1. The van der Waals surface area contributed by atoms with Crippen LogP contribution in [0.1, 0.15) is 17.2 Å². The van der Waals surface area contributed by atoms with E-state index in [1.165, 1.54) is 17.0 Å². The summed E-state index contributed by atoms with van der Waals surface area (Å²) in [6.07, 6.45) is -4.46. The predicted octanol–water partition coefficient (Wildman–Crippen LogP) is 1.79. The van der Waals surface area contributed by atoms with E-state index in [4.69, 9.17) is 5.73 Å². The second-order valence-electron chi connectivity index (χ2n) is 4.96. The molecule has 4 N–H and O–H groups in total. The molecule has 1 atom stereocenters. The number of nitrogens with zero attached hydrogens (tertiary/aromatic N) is 1. The number of rotatable bonds is 2. The van der Waals surface area contributed by atoms with Crippen LogP contribution < -0.4 is 11.1 Å². The van der Waals surface area contributed by atoms with Crippen molar-refractivity contribution in [3.05, 3.63) is 23.3 Å². The molecule has 112 valence electrons. The van der Waals surface area contributed by atoms with Gasteiger partial charge in [0.05, 0.1) is 5.69 Å². The molecule has 0 aliphatic carbocycles. The zero-order chi connectivity index (χ0) is 14.9. The van der Waals surface area contributed by atoms with E-state index in [2.05, 4.69) is 5.32 Å². The summed E-state index contributed by atoms with van der Waals surface area (Å²) in [5.41, 5.74) is 5.77. The normalized spacial score (nSPS) is 19.0. The molecular weight excluding hydrogens is 271 g/mol. The first-order chi connectivity index (χ1) is 9.32. The van der Waals surface area contributed by atoms with E-state index in [0.717, 1.165) is 0 Å². The maximum Gasteiger partial charge on any atom is 0.408 e. The lowest BCUT2D eigenvalue weighted by molar-refractivity contribution is -0.188. The Kier molecular flexibility index (Phi) is 4.10. The fraction of sp³-hybridized carbons (Fsp3) is 0.538. The third-order valence-corrected chi connectivity index (χ3v) is 3.57. The zero-order valence-corrected chi connectivity index (χ0v) is 11.2. The monoisotopic (exact) mass is 289 g/mol. The van der Waals surface area contributed by atoms with Crippen LogP contribution in [-0.2, 0) is 0 Å². The lowest BCUT2D eigenvalue weighted by Crippen LogP contribution is -2.49. The molecule has 1 aliphatic heterocycles. The highest BCUT2D eigenvalue weighted by Crippen LogP contribution is 2.44. The van der Waals surface area contributed by atoms with Crippen molar-refractivity contribution in [3.63, 3.8) is 0 Å². The van der Waals surface area contributed by atoms with Gasteiger partial charge in [0, 0.05) is 31.7 Å². The van der Waals surface area contributed by atoms with Gasteiger partial charge in [-0.15, -0.1) is 0 Å². The van der Waals surface area contributed by atoms with Crippen molar-refractivity contribution in [2.45, 2.75) is 19.1 Å². The lowest BCUT2D eigenvalue weighted by Gasteiger charge is -2.37. The maximum atomic E-state index is 13.5. The van der Waals surface area contributed by atoms with Crippen molar-refractivity contribution in [3.8, 4) is 5.75 Å². The van der Waals surface area contributed by atoms with Crippen molar-refractivity contribution in [1.29, 1.82) is 0 Å². The molecule has 1 heterocycles. The third kappa shape index (κ3) is 2.83. The van der Waals surface area contributed by atoms with Crippen LogP contribution in [0.3, 0.4) is 0 Å². The molecule has 0 spiro atoms. The van der Waals surface area contributed by atoms with Gasteiger partial charge in [0.15, 0.2) is 0 Å². The fourth-order valence-corrected chi connectivity index (χ4v) is 2.56. The van der Waals surface area contributed by atoms with Gasteiger partial charge in [-0.05, 0) is 18.6 Å². The van der Waals surface area contributed by atoms with E-state index in [-0.39, 0.29) is 24.3 Å².